The Balaban J connectivity index is 1.30. The predicted octanol–water partition coefficient (Wildman–Crippen LogP) is 3.23. The summed E-state index contributed by atoms with van der Waals surface area (Å²) in [6, 6.07) is 11.5. The molecule has 13 nitrogen and oxygen atoms in total. The molecule has 3 aromatic heterocycles. The van der Waals surface area contributed by atoms with Gasteiger partial charge in [-0.3, -0.25) is 23.7 Å². The maximum Gasteiger partial charge on any atom is 0.332 e. The first-order chi connectivity index (χ1) is 22.2. The van der Waals surface area contributed by atoms with E-state index < -0.39 is 11.2 Å². The molecule has 0 saturated carbocycles. The summed E-state index contributed by atoms with van der Waals surface area (Å²) >= 11 is 7.04. The van der Waals surface area contributed by atoms with E-state index in [0.29, 0.717) is 53.1 Å². The summed E-state index contributed by atoms with van der Waals surface area (Å²) in [6.45, 7) is 3.00. The quantitative estimate of drug-likeness (QED) is 0.218. The van der Waals surface area contributed by atoms with Gasteiger partial charge in [-0.05, 0) is 30.5 Å². The van der Waals surface area contributed by atoms with E-state index in [1.807, 2.05) is 43.3 Å². The number of aryl methyl sites for hydroxylation is 1. The number of nitrogens with one attached hydrogen (secondary N) is 3. The SMILES string of the molecule is COc1nc(-c2cccc(-c3cccc(Nc4ncnc5c4c(=O)n(C)c(=O)n5C)c3C)c2Cl)cnc1CNC[C@@H]1CCC(=O)N1. The molecule has 0 radical (unpaired) electrons. The smallest absolute Gasteiger partial charge is 0.332 e. The number of amides is 1. The minimum Gasteiger partial charge on any atom is -0.480 e. The van der Waals surface area contributed by atoms with Crippen LogP contribution in [0.4, 0.5) is 11.5 Å². The van der Waals surface area contributed by atoms with E-state index in [-0.39, 0.29) is 28.8 Å². The summed E-state index contributed by atoms with van der Waals surface area (Å²) in [7, 11) is 4.53. The van der Waals surface area contributed by atoms with E-state index in [2.05, 4.69) is 30.9 Å². The lowest BCUT2D eigenvalue weighted by Crippen LogP contribution is -2.37. The molecule has 6 rings (SSSR count). The fourth-order valence-corrected chi connectivity index (χ4v) is 5.95. The molecule has 2 aromatic carbocycles. The molecule has 1 amide bonds. The van der Waals surface area contributed by atoms with Crippen LogP contribution in [0, 0.1) is 6.92 Å². The van der Waals surface area contributed by atoms with Gasteiger partial charge in [0.1, 0.15) is 23.2 Å². The Hall–Kier alpha value is -5.14. The summed E-state index contributed by atoms with van der Waals surface area (Å²) in [4.78, 5) is 54.8. The van der Waals surface area contributed by atoms with Crippen LogP contribution in [0.25, 0.3) is 33.4 Å². The summed E-state index contributed by atoms with van der Waals surface area (Å²) in [5, 5.41) is 10.2. The maximum absolute atomic E-state index is 13.1. The standard InChI is InChI=1S/C32H32ClN9O4/c1-17-19(7-6-10-22(17)39-28-26-29(37-16-36-28)41(2)32(45)42(3)31(26)44)20-8-5-9-21(27(20)33)23-15-35-24(30(40-23)46-4)14-34-13-18-11-12-25(43)38-18/h5-10,15-16,18,34H,11-14H2,1-4H3,(H,38,43)(H,36,37,39)/t18-/m0/s1. The van der Waals surface area contributed by atoms with Gasteiger partial charge in [0.25, 0.3) is 5.56 Å². The van der Waals surface area contributed by atoms with Crippen molar-refractivity contribution in [3.05, 3.63) is 86.0 Å². The first-order valence-electron chi connectivity index (χ1n) is 14.6. The number of carbonyl (C=O) groups excluding carboxylic acids is 1. The Morgan fingerprint density at radius 2 is 1.78 bits per heavy atom. The Morgan fingerprint density at radius 3 is 2.54 bits per heavy atom. The van der Waals surface area contributed by atoms with Gasteiger partial charge in [-0.1, -0.05) is 41.9 Å². The highest BCUT2D eigenvalue weighted by atomic mass is 35.5. The predicted molar refractivity (Wildman–Crippen MR) is 175 cm³/mol. The van der Waals surface area contributed by atoms with Crippen molar-refractivity contribution in [1.29, 1.82) is 0 Å². The lowest BCUT2D eigenvalue weighted by Gasteiger charge is -2.17. The number of benzene rings is 2. The molecular formula is C32H32ClN9O4. The third kappa shape index (κ3) is 5.70. The van der Waals surface area contributed by atoms with Crippen molar-refractivity contribution in [3.63, 3.8) is 0 Å². The minimum atomic E-state index is -0.494. The van der Waals surface area contributed by atoms with Crippen molar-refractivity contribution in [3.8, 4) is 28.3 Å². The molecule has 46 heavy (non-hydrogen) atoms. The first kappa shape index (κ1) is 30.9. The fraction of sp³-hybridized carbons (Fsp3) is 0.281. The van der Waals surface area contributed by atoms with Gasteiger partial charge in [-0.15, -0.1) is 0 Å². The number of nitrogens with zero attached hydrogens (tertiary/aromatic N) is 6. The number of rotatable bonds is 9. The molecule has 1 aliphatic rings. The molecule has 0 spiro atoms. The van der Waals surface area contributed by atoms with Crippen molar-refractivity contribution < 1.29 is 9.53 Å². The highest BCUT2D eigenvalue weighted by molar-refractivity contribution is 6.36. The summed E-state index contributed by atoms with van der Waals surface area (Å²) in [5.74, 6) is 0.739. The van der Waals surface area contributed by atoms with Crippen molar-refractivity contribution in [2.24, 2.45) is 14.1 Å². The van der Waals surface area contributed by atoms with Crippen LogP contribution in [0.5, 0.6) is 5.88 Å². The van der Waals surface area contributed by atoms with E-state index in [1.165, 1.54) is 17.9 Å². The largest absolute Gasteiger partial charge is 0.480 e. The number of aromatic nitrogens is 6. The lowest BCUT2D eigenvalue weighted by molar-refractivity contribution is -0.119. The molecule has 0 unspecified atom stereocenters. The third-order valence-corrected chi connectivity index (χ3v) is 8.57. The highest BCUT2D eigenvalue weighted by Gasteiger charge is 2.21. The number of methoxy groups -OCH3 is 1. The molecule has 1 atom stereocenters. The van der Waals surface area contributed by atoms with Crippen molar-refractivity contribution in [2.45, 2.75) is 32.4 Å². The molecule has 5 aromatic rings. The fourth-order valence-electron chi connectivity index (χ4n) is 5.63. The Kier molecular flexibility index (Phi) is 8.52. The molecule has 1 fully saturated rings. The van der Waals surface area contributed by atoms with Crippen LogP contribution in [0.1, 0.15) is 24.1 Å². The van der Waals surface area contributed by atoms with E-state index in [0.717, 1.165) is 27.7 Å². The lowest BCUT2D eigenvalue weighted by atomic mass is 9.96. The second kappa shape index (κ2) is 12.7. The van der Waals surface area contributed by atoms with Gasteiger partial charge in [0.2, 0.25) is 11.8 Å². The molecule has 0 aliphatic carbocycles. The average Bonchev–Trinajstić information content (AvgIpc) is 3.48. The molecule has 236 valence electrons. The number of anilines is 2. The molecule has 0 bridgehead atoms. The van der Waals surface area contributed by atoms with Gasteiger partial charge in [0.05, 0.1) is 24.0 Å². The highest BCUT2D eigenvalue weighted by Crippen LogP contribution is 2.39. The van der Waals surface area contributed by atoms with Gasteiger partial charge in [-0.25, -0.2) is 19.7 Å². The van der Waals surface area contributed by atoms with Crippen LogP contribution >= 0.6 is 11.6 Å². The van der Waals surface area contributed by atoms with Gasteiger partial charge in [-0.2, -0.15) is 0 Å². The summed E-state index contributed by atoms with van der Waals surface area (Å²) in [5.41, 5.74) is 4.33. The number of halogens is 1. The zero-order chi connectivity index (χ0) is 32.5. The Morgan fingerprint density at radius 1 is 1.02 bits per heavy atom. The summed E-state index contributed by atoms with van der Waals surface area (Å²) < 4.78 is 7.91. The Labute approximate surface area is 268 Å². The second-order valence-electron chi connectivity index (χ2n) is 11.0. The molecule has 14 heteroatoms. The zero-order valence-electron chi connectivity index (χ0n) is 25.7. The monoisotopic (exact) mass is 641 g/mol. The molecule has 1 saturated heterocycles. The van der Waals surface area contributed by atoms with Gasteiger partial charge < -0.3 is 20.7 Å². The normalized spacial score (nSPS) is 14.5. The Bertz CT molecular complexity index is 2110. The van der Waals surface area contributed by atoms with Gasteiger partial charge in [0.15, 0.2) is 5.65 Å². The summed E-state index contributed by atoms with van der Waals surface area (Å²) in [6.07, 6.45) is 4.34. The van der Waals surface area contributed by atoms with E-state index in [1.54, 1.807) is 20.4 Å². The van der Waals surface area contributed by atoms with E-state index in [4.69, 9.17) is 21.3 Å². The maximum atomic E-state index is 13.1. The number of fused-ring (bicyclic) bond motifs is 1. The topological polar surface area (TPSA) is 158 Å². The minimum absolute atomic E-state index is 0.0754. The molecular weight excluding hydrogens is 610 g/mol. The number of carbonyl (C=O) groups is 1. The van der Waals surface area contributed by atoms with E-state index >= 15 is 0 Å². The number of hydrogen-bond acceptors (Lipinski definition) is 10. The number of hydrogen-bond donors (Lipinski definition) is 3. The van der Waals surface area contributed by atoms with Gasteiger partial charge >= 0.3 is 5.69 Å². The van der Waals surface area contributed by atoms with Crippen molar-refractivity contribution >= 4 is 40.0 Å². The third-order valence-electron chi connectivity index (χ3n) is 8.16. The second-order valence-corrected chi connectivity index (χ2v) is 11.4. The number of ether oxygens (including phenoxy) is 1. The van der Waals surface area contributed by atoms with Crippen LogP contribution in [0.3, 0.4) is 0 Å². The van der Waals surface area contributed by atoms with Crippen LogP contribution in [-0.2, 0) is 25.4 Å². The zero-order valence-corrected chi connectivity index (χ0v) is 26.5. The van der Waals surface area contributed by atoms with E-state index in [9.17, 15) is 14.4 Å². The average molecular weight is 642 g/mol. The molecule has 3 N–H and O–H groups in total. The molecule has 1 aliphatic heterocycles. The van der Waals surface area contributed by atoms with Crippen molar-refractivity contribution in [1.82, 2.24) is 39.7 Å². The van der Waals surface area contributed by atoms with Crippen LogP contribution in [0.15, 0.2) is 58.5 Å². The van der Waals surface area contributed by atoms with Crippen LogP contribution < -0.4 is 31.9 Å². The first-order valence-corrected chi connectivity index (χ1v) is 15.0. The molecule has 4 heterocycles. The van der Waals surface area contributed by atoms with Crippen LogP contribution in [0.2, 0.25) is 5.02 Å². The van der Waals surface area contributed by atoms with Gasteiger partial charge in [0, 0.05) is 56.5 Å². The van der Waals surface area contributed by atoms with Crippen LogP contribution in [-0.4, -0.2) is 54.7 Å². The van der Waals surface area contributed by atoms with Crippen molar-refractivity contribution in [2.75, 3.05) is 19.0 Å².